The van der Waals surface area contributed by atoms with E-state index < -0.39 is 36.4 Å². The molecule has 10 atom stereocenters. The number of ether oxygens (including phenoxy) is 6. The SMILES string of the molecule is CC(=O)O[C@@H]1C2OC[C@@H](C)C2O[C@H]1C.[B][C@@H]1OC2C(OC[C@H]2O)[C@H]1OC(C)=O. The average Bonchev–Trinajstić information content (AvgIpc) is 3.30. The van der Waals surface area contributed by atoms with Crippen LogP contribution in [-0.2, 0) is 38.0 Å². The fourth-order valence-corrected chi connectivity index (χ4v) is 4.06. The zero-order valence-corrected chi connectivity index (χ0v) is 16.5. The second-order valence-electron chi connectivity index (χ2n) is 7.66. The summed E-state index contributed by atoms with van der Waals surface area (Å²) in [7, 11) is 5.59. The molecule has 1 N–H and O–H groups in total. The molecule has 9 nitrogen and oxygen atoms in total. The highest BCUT2D eigenvalue weighted by molar-refractivity contribution is 6.11. The van der Waals surface area contributed by atoms with Gasteiger partial charge in [0.25, 0.3) is 0 Å². The van der Waals surface area contributed by atoms with Crippen LogP contribution in [-0.4, -0.2) is 92.9 Å². The van der Waals surface area contributed by atoms with Crippen LogP contribution in [0.5, 0.6) is 0 Å². The minimum Gasteiger partial charge on any atom is -0.458 e. The molecule has 10 heteroatoms. The second kappa shape index (κ2) is 8.67. The van der Waals surface area contributed by atoms with Gasteiger partial charge >= 0.3 is 11.9 Å². The molecular weight excluding hydrogens is 371 g/mol. The van der Waals surface area contributed by atoms with E-state index in [1.54, 1.807) is 0 Å². The van der Waals surface area contributed by atoms with Crippen LogP contribution >= 0.6 is 0 Å². The molecule has 28 heavy (non-hydrogen) atoms. The van der Waals surface area contributed by atoms with Crippen LogP contribution in [0.1, 0.15) is 27.7 Å². The van der Waals surface area contributed by atoms with E-state index in [0.717, 1.165) is 0 Å². The highest BCUT2D eigenvalue weighted by Gasteiger charge is 2.52. The lowest BCUT2D eigenvalue weighted by Gasteiger charge is -2.18. The average molecular weight is 398 g/mol. The molecule has 4 saturated heterocycles. The Morgan fingerprint density at radius 1 is 0.893 bits per heavy atom. The van der Waals surface area contributed by atoms with Gasteiger partial charge in [0.05, 0.1) is 31.4 Å². The molecule has 4 aliphatic heterocycles. The summed E-state index contributed by atoms with van der Waals surface area (Å²) in [5.41, 5.74) is 0. The van der Waals surface area contributed by atoms with Gasteiger partial charge in [0.1, 0.15) is 38.4 Å². The summed E-state index contributed by atoms with van der Waals surface area (Å²) in [6.45, 7) is 7.61. The van der Waals surface area contributed by atoms with Crippen LogP contribution in [0.2, 0.25) is 0 Å². The van der Waals surface area contributed by atoms with Crippen molar-refractivity contribution in [2.24, 2.45) is 5.92 Å². The fourth-order valence-electron chi connectivity index (χ4n) is 4.06. The van der Waals surface area contributed by atoms with Gasteiger partial charge in [-0.25, -0.2) is 0 Å². The van der Waals surface area contributed by atoms with Gasteiger partial charge in [-0.2, -0.15) is 0 Å². The van der Waals surface area contributed by atoms with Crippen molar-refractivity contribution in [1.82, 2.24) is 0 Å². The topological polar surface area (TPSA) is 110 Å². The van der Waals surface area contributed by atoms with Crippen LogP contribution in [0.4, 0.5) is 0 Å². The molecule has 0 aromatic carbocycles. The molecule has 0 aromatic heterocycles. The molecule has 0 saturated carbocycles. The first-order valence-corrected chi connectivity index (χ1v) is 9.51. The molecule has 4 aliphatic rings. The van der Waals surface area contributed by atoms with Crippen molar-refractivity contribution >= 4 is 19.8 Å². The Kier molecular flexibility index (Phi) is 6.66. The third-order valence-electron chi connectivity index (χ3n) is 5.32. The van der Waals surface area contributed by atoms with E-state index in [-0.39, 0.29) is 37.0 Å². The van der Waals surface area contributed by atoms with Gasteiger partial charge in [0.15, 0.2) is 6.10 Å². The third kappa shape index (κ3) is 4.36. The molecule has 0 aliphatic carbocycles. The number of hydrogen-bond donors (Lipinski definition) is 1. The molecule has 4 rings (SSSR count). The zero-order valence-electron chi connectivity index (χ0n) is 16.5. The van der Waals surface area contributed by atoms with Gasteiger partial charge in [-0.1, -0.05) is 6.92 Å². The van der Waals surface area contributed by atoms with E-state index in [1.807, 2.05) is 6.92 Å². The smallest absolute Gasteiger partial charge is 0.303 e. The first-order chi connectivity index (χ1) is 13.2. The summed E-state index contributed by atoms with van der Waals surface area (Å²) in [6.07, 6.45) is -2.49. The lowest BCUT2D eigenvalue weighted by Crippen LogP contribution is -2.36. The van der Waals surface area contributed by atoms with E-state index in [4.69, 9.17) is 36.3 Å². The number of rotatable bonds is 2. The van der Waals surface area contributed by atoms with Crippen molar-refractivity contribution in [2.45, 2.75) is 82.5 Å². The van der Waals surface area contributed by atoms with E-state index in [1.165, 1.54) is 13.8 Å². The molecule has 4 fully saturated rings. The molecule has 2 radical (unpaired) electrons. The molecule has 0 bridgehead atoms. The second-order valence-corrected chi connectivity index (χ2v) is 7.66. The Hall–Kier alpha value is -1.20. The maximum Gasteiger partial charge on any atom is 0.303 e. The minimum absolute atomic E-state index is 0.0587. The van der Waals surface area contributed by atoms with E-state index in [9.17, 15) is 14.7 Å². The lowest BCUT2D eigenvalue weighted by atomic mass is 9.93. The first-order valence-electron chi connectivity index (χ1n) is 9.51. The maximum atomic E-state index is 10.9. The van der Waals surface area contributed by atoms with Crippen molar-refractivity contribution in [3.63, 3.8) is 0 Å². The minimum atomic E-state index is -0.719. The van der Waals surface area contributed by atoms with Gasteiger partial charge in [-0.3, -0.25) is 9.59 Å². The van der Waals surface area contributed by atoms with Gasteiger partial charge in [0, 0.05) is 19.8 Å². The fraction of sp³-hybridized carbons (Fsp3) is 0.889. The van der Waals surface area contributed by atoms with Crippen LogP contribution in [0.25, 0.3) is 0 Å². The molecule has 156 valence electrons. The normalized spacial score (nSPS) is 46.3. The Morgan fingerprint density at radius 3 is 2.11 bits per heavy atom. The highest BCUT2D eigenvalue weighted by Crippen LogP contribution is 2.36. The van der Waals surface area contributed by atoms with Gasteiger partial charge in [-0.05, 0) is 6.92 Å². The Morgan fingerprint density at radius 2 is 1.46 bits per heavy atom. The highest BCUT2D eigenvalue weighted by atomic mass is 16.6. The number of aliphatic hydroxyl groups is 1. The van der Waals surface area contributed by atoms with Crippen LogP contribution in [0, 0.1) is 5.92 Å². The third-order valence-corrected chi connectivity index (χ3v) is 5.32. The molecule has 0 aromatic rings. The quantitative estimate of drug-likeness (QED) is 0.478. The van der Waals surface area contributed by atoms with Crippen LogP contribution in [0.3, 0.4) is 0 Å². The summed E-state index contributed by atoms with van der Waals surface area (Å²) >= 11 is 0. The van der Waals surface area contributed by atoms with E-state index in [0.29, 0.717) is 12.5 Å². The molecular formula is C18H27BO9. The summed E-state index contributed by atoms with van der Waals surface area (Å²) in [5, 5.41) is 9.42. The van der Waals surface area contributed by atoms with E-state index in [2.05, 4.69) is 6.92 Å². The van der Waals surface area contributed by atoms with Gasteiger partial charge in [-0.15, -0.1) is 0 Å². The summed E-state index contributed by atoms with van der Waals surface area (Å²) in [5.74, 6) is -0.308. The number of hydrogen-bond acceptors (Lipinski definition) is 9. The zero-order chi connectivity index (χ0) is 20.6. The molecule has 0 spiro atoms. The maximum absolute atomic E-state index is 10.9. The standard InChI is InChI=1S/C10H16O4.C8H11BO5/c1-5-4-12-10-8(5)13-6(2)9(10)14-7(3)11;1-3(10)13-7-6-5(14-8(7)9)4(11)2-12-6/h5-6,8-10H,4H2,1-3H3;4-8,11H,2H2,1H3/t5-,6+,8?,9+,10?;4-,5?,6?,7-,8-/m11/s1. The van der Waals surface area contributed by atoms with Crippen LogP contribution < -0.4 is 0 Å². The van der Waals surface area contributed by atoms with Crippen molar-refractivity contribution in [3.05, 3.63) is 0 Å². The summed E-state index contributed by atoms with van der Waals surface area (Å²) in [6, 6.07) is -0.719. The summed E-state index contributed by atoms with van der Waals surface area (Å²) < 4.78 is 31.9. The van der Waals surface area contributed by atoms with Crippen LogP contribution in [0.15, 0.2) is 0 Å². The number of carbonyl (C=O) groups is 2. The number of carbonyl (C=O) groups excluding carboxylic acids is 2. The van der Waals surface area contributed by atoms with E-state index >= 15 is 0 Å². The molecule has 0 amide bonds. The molecule has 4 unspecified atom stereocenters. The van der Waals surface area contributed by atoms with Crippen molar-refractivity contribution in [2.75, 3.05) is 13.2 Å². The Labute approximate surface area is 165 Å². The predicted molar refractivity (Wildman–Crippen MR) is 94.5 cm³/mol. The molecule has 4 heterocycles. The van der Waals surface area contributed by atoms with Gasteiger partial charge in [0.2, 0.25) is 0 Å². The van der Waals surface area contributed by atoms with Crippen molar-refractivity contribution in [3.8, 4) is 0 Å². The number of esters is 2. The summed E-state index contributed by atoms with van der Waals surface area (Å²) in [4.78, 5) is 21.6. The monoisotopic (exact) mass is 398 g/mol. The largest absolute Gasteiger partial charge is 0.458 e. The lowest BCUT2D eigenvalue weighted by molar-refractivity contribution is -0.154. The Balaban J connectivity index is 0.000000161. The van der Waals surface area contributed by atoms with Crippen molar-refractivity contribution < 1.29 is 43.1 Å². The predicted octanol–water partition coefficient (Wildman–Crippen LogP) is -0.688. The Bertz CT molecular complexity index is 537. The first kappa shape index (κ1) is 21.5. The number of fused-ring (bicyclic) bond motifs is 2. The van der Waals surface area contributed by atoms with Crippen molar-refractivity contribution in [1.29, 1.82) is 0 Å². The van der Waals surface area contributed by atoms with Gasteiger partial charge < -0.3 is 33.5 Å². The number of aliphatic hydroxyl groups excluding tert-OH is 1.